The quantitative estimate of drug-likeness (QED) is 0.489. The third-order valence-corrected chi connectivity index (χ3v) is 4.00. The molecule has 0 fully saturated rings. The first kappa shape index (κ1) is 16.5. The van der Waals surface area contributed by atoms with Crippen LogP contribution in [0.5, 0.6) is 0 Å². The number of aryl methyl sites for hydroxylation is 1. The van der Waals surface area contributed by atoms with E-state index in [9.17, 15) is 4.79 Å². The lowest BCUT2D eigenvalue weighted by atomic mass is 10.1. The molecule has 0 aliphatic rings. The molecule has 0 atom stereocenters. The van der Waals surface area contributed by atoms with Crippen LogP contribution >= 0.6 is 0 Å². The first-order valence-electron chi connectivity index (χ1n) is 8.57. The van der Waals surface area contributed by atoms with Gasteiger partial charge in [-0.05, 0) is 44.2 Å². The smallest absolute Gasteiger partial charge is 0.189 e. The number of benzene rings is 1. The number of allylic oxidation sites excluding steroid dienone is 2. The Hall–Kier alpha value is -1.83. The van der Waals surface area contributed by atoms with Crippen LogP contribution in [0.4, 0.5) is 0 Å². The van der Waals surface area contributed by atoms with Crippen LogP contribution < -0.4 is 5.43 Å². The highest BCUT2D eigenvalue weighted by Crippen LogP contribution is 2.10. The van der Waals surface area contributed by atoms with Crippen molar-refractivity contribution < 1.29 is 0 Å². The fourth-order valence-electron chi connectivity index (χ4n) is 2.72. The van der Waals surface area contributed by atoms with Gasteiger partial charge in [0.25, 0.3) is 0 Å². The summed E-state index contributed by atoms with van der Waals surface area (Å²) in [6.45, 7) is 2.24. The second-order valence-corrected chi connectivity index (χ2v) is 5.92. The molecule has 22 heavy (non-hydrogen) atoms. The van der Waals surface area contributed by atoms with Gasteiger partial charge in [0.1, 0.15) is 0 Å². The number of fused-ring (bicyclic) bond motifs is 1. The largest absolute Gasteiger partial charge is 0.358 e. The Balaban J connectivity index is 1.75. The molecule has 0 bridgehead atoms. The van der Waals surface area contributed by atoms with E-state index in [1.165, 1.54) is 32.1 Å². The van der Waals surface area contributed by atoms with E-state index in [1.54, 1.807) is 6.07 Å². The fourth-order valence-corrected chi connectivity index (χ4v) is 2.72. The van der Waals surface area contributed by atoms with Gasteiger partial charge >= 0.3 is 0 Å². The van der Waals surface area contributed by atoms with Crippen LogP contribution in [0.2, 0.25) is 0 Å². The van der Waals surface area contributed by atoms with Gasteiger partial charge in [0.05, 0.1) is 0 Å². The monoisotopic (exact) mass is 297 g/mol. The summed E-state index contributed by atoms with van der Waals surface area (Å²) in [5.41, 5.74) is 2.10. The Morgan fingerprint density at radius 2 is 1.77 bits per heavy atom. The topological polar surface area (TPSA) is 32.9 Å². The molecule has 1 aromatic heterocycles. The van der Waals surface area contributed by atoms with E-state index in [1.807, 2.05) is 24.3 Å². The first-order valence-corrected chi connectivity index (χ1v) is 8.57. The molecule has 0 spiro atoms. The Morgan fingerprint density at radius 3 is 2.59 bits per heavy atom. The number of para-hydroxylation sites is 1. The molecule has 0 unspecified atom stereocenters. The maximum atomic E-state index is 12.0. The summed E-state index contributed by atoms with van der Waals surface area (Å²) in [4.78, 5) is 15.4. The lowest BCUT2D eigenvalue weighted by Crippen LogP contribution is -2.04. The highest BCUT2D eigenvalue weighted by atomic mass is 16.1. The van der Waals surface area contributed by atoms with Crippen molar-refractivity contribution in [2.45, 2.75) is 58.3 Å². The highest BCUT2D eigenvalue weighted by molar-refractivity contribution is 5.78. The Morgan fingerprint density at radius 1 is 1.00 bits per heavy atom. The number of pyridine rings is 1. The second-order valence-electron chi connectivity index (χ2n) is 5.92. The zero-order valence-corrected chi connectivity index (χ0v) is 13.6. The number of aromatic amines is 1. The van der Waals surface area contributed by atoms with Gasteiger partial charge in [-0.3, -0.25) is 4.79 Å². The summed E-state index contributed by atoms with van der Waals surface area (Å²) in [6, 6.07) is 9.46. The van der Waals surface area contributed by atoms with Crippen molar-refractivity contribution in [3.63, 3.8) is 0 Å². The van der Waals surface area contributed by atoms with Gasteiger partial charge in [0.2, 0.25) is 0 Å². The van der Waals surface area contributed by atoms with Gasteiger partial charge < -0.3 is 4.98 Å². The van der Waals surface area contributed by atoms with Crippen molar-refractivity contribution in [3.05, 3.63) is 58.4 Å². The molecular weight excluding hydrogens is 270 g/mol. The van der Waals surface area contributed by atoms with E-state index < -0.39 is 0 Å². The van der Waals surface area contributed by atoms with Crippen LogP contribution in [0.15, 0.2) is 47.3 Å². The van der Waals surface area contributed by atoms with Gasteiger partial charge in [-0.25, -0.2) is 0 Å². The van der Waals surface area contributed by atoms with Crippen LogP contribution in [0.3, 0.4) is 0 Å². The van der Waals surface area contributed by atoms with Crippen LogP contribution in [0.1, 0.15) is 57.6 Å². The molecule has 2 aromatic rings. The number of rotatable bonds is 9. The number of H-pyrrole nitrogens is 1. The van der Waals surface area contributed by atoms with Crippen LogP contribution in [0.25, 0.3) is 10.9 Å². The third kappa shape index (κ3) is 5.18. The van der Waals surface area contributed by atoms with Crippen molar-refractivity contribution in [2.75, 3.05) is 0 Å². The predicted molar refractivity (Wildman–Crippen MR) is 95.4 cm³/mol. The summed E-state index contributed by atoms with van der Waals surface area (Å²) in [5, 5.41) is 0.776. The SMILES string of the molecule is CCCCCC/C=C\CCCc1cc(=O)c2ccccc2[nH]1. The van der Waals surface area contributed by atoms with Crippen molar-refractivity contribution >= 4 is 10.9 Å². The average molecular weight is 297 g/mol. The minimum atomic E-state index is 0.121. The summed E-state index contributed by atoms with van der Waals surface area (Å²) in [7, 11) is 0. The lowest BCUT2D eigenvalue weighted by Gasteiger charge is -2.03. The van der Waals surface area contributed by atoms with Crippen molar-refractivity contribution in [1.82, 2.24) is 4.98 Å². The number of hydrogen-bond acceptors (Lipinski definition) is 1. The molecule has 118 valence electrons. The molecule has 0 aliphatic heterocycles. The van der Waals surface area contributed by atoms with Gasteiger partial charge in [-0.2, -0.15) is 0 Å². The maximum Gasteiger partial charge on any atom is 0.189 e. The second kappa shape index (κ2) is 9.24. The van der Waals surface area contributed by atoms with Gasteiger partial charge in [-0.15, -0.1) is 0 Å². The zero-order valence-electron chi connectivity index (χ0n) is 13.6. The van der Waals surface area contributed by atoms with E-state index in [2.05, 4.69) is 24.1 Å². The molecule has 1 heterocycles. The van der Waals surface area contributed by atoms with Crippen molar-refractivity contribution in [3.8, 4) is 0 Å². The summed E-state index contributed by atoms with van der Waals surface area (Å²) < 4.78 is 0. The van der Waals surface area contributed by atoms with E-state index in [0.717, 1.165) is 35.9 Å². The number of aromatic nitrogens is 1. The minimum absolute atomic E-state index is 0.121. The molecule has 0 saturated heterocycles. The van der Waals surface area contributed by atoms with Crippen molar-refractivity contribution in [2.24, 2.45) is 0 Å². The normalized spacial score (nSPS) is 11.5. The maximum absolute atomic E-state index is 12.0. The molecule has 1 N–H and O–H groups in total. The van der Waals surface area contributed by atoms with E-state index in [4.69, 9.17) is 0 Å². The first-order chi connectivity index (χ1) is 10.8. The van der Waals surface area contributed by atoms with E-state index >= 15 is 0 Å². The summed E-state index contributed by atoms with van der Waals surface area (Å²) >= 11 is 0. The lowest BCUT2D eigenvalue weighted by molar-refractivity contribution is 0.673. The van der Waals surface area contributed by atoms with Crippen LogP contribution in [-0.4, -0.2) is 4.98 Å². The molecule has 2 nitrogen and oxygen atoms in total. The van der Waals surface area contributed by atoms with E-state index in [-0.39, 0.29) is 5.43 Å². The molecule has 0 radical (unpaired) electrons. The molecule has 0 aliphatic carbocycles. The molecule has 1 aromatic carbocycles. The zero-order chi connectivity index (χ0) is 15.6. The summed E-state index contributed by atoms with van der Waals surface area (Å²) in [5.74, 6) is 0. The van der Waals surface area contributed by atoms with Gasteiger partial charge in [0, 0.05) is 22.7 Å². The number of unbranched alkanes of at least 4 members (excludes halogenated alkanes) is 5. The standard InChI is InChI=1S/C20H27NO/c1-2-3-4-5-6-7-8-9-10-13-17-16-20(22)18-14-11-12-15-19(18)21-17/h7-8,11-12,14-16H,2-6,9-10,13H2,1H3,(H,21,22)/b8-7-. The Labute approximate surface area is 133 Å². The number of hydrogen-bond donors (Lipinski definition) is 1. The van der Waals surface area contributed by atoms with Crippen LogP contribution in [-0.2, 0) is 6.42 Å². The molecule has 0 amide bonds. The van der Waals surface area contributed by atoms with E-state index in [0.29, 0.717) is 0 Å². The fraction of sp³-hybridized carbons (Fsp3) is 0.450. The predicted octanol–water partition coefficient (Wildman–Crippen LogP) is 5.38. The van der Waals surface area contributed by atoms with Crippen LogP contribution in [0, 0.1) is 0 Å². The molecular formula is C20H27NO. The Kier molecular flexibility index (Phi) is 6.95. The third-order valence-electron chi connectivity index (χ3n) is 4.00. The molecule has 2 heteroatoms. The van der Waals surface area contributed by atoms with Crippen molar-refractivity contribution in [1.29, 1.82) is 0 Å². The number of nitrogens with one attached hydrogen (secondary N) is 1. The molecule has 2 rings (SSSR count). The summed E-state index contributed by atoms with van der Waals surface area (Å²) in [6.07, 6.45) is 14.2. The Bertz CT molecular complexity index is 654. The minimum Gasteiger partial charge on any atom is -0.358 e. The average Bonchev–Trinajstić information content (AvgIpc) is 2.53. The molecule has 0 saturated carbocycles. The van der Waals surface area contributed by atoms with Gasteiger partial charge in [0.15, 0.2) is 5.43 Å². The van der Waals surface area contributed by atoms with Gasteiger partial charge in [-0.1, -0.05) is 50.5 Å². The highest BCUT2D eigenvalue weighted by Gasteiger charge is 2.00.